The number of allylic oxidation sites excluding steroid dienone is 1. The summed E-state index contributed by atoms with van der Waals surface area (Å²) >= 11 is 0. The molecule has 0 bridgehead atoms. The second kappa shape index (κ2) is 5.93. The van der Waals surface area contributed by atoms with Crippen molar-refractivity contribution in [2.45, 2.75) is 0 Å². The van der Waals surface area contributed by atoms with E-state index in [9.17, 15) is 9.90 Å². The van der Waals surface area contributed by atoms with Gasteiger partial charge in [0.25, 0.3) is 0 Å². The molecule has 0 saturated heterocycles. The summed E-state index contributed by atoms with van der Waals surface area (Å²) in [6, 6.07) is 11.4. The van der Waals surface area contributed by atoms with E-state index in [1.165, 1.54) is 25.3 Å². The fraction of sp³-hybridized carbons (Fsp3) is 0.0625. The molecule has 0 aliphatic rings. The first kappa shape index (κ1) is 13.7. The van der Waals surface area contributed by atoms with Crippen LogP contribution in [-0.2, 0) is 0 Å². The minimum Gasteiger partial charge on any atom is -0.508 e. The Labute approximate surface area is 117 Å². The maximum absolute atomic E-state index is 12.0. The third-order valence-corrected chi connectivity index (χ3v) is 2.83. The van der Waals surface area contributed by atoms with E-state index in [-0.39, 0.29) is 11.5 Å². The third-order valence-electron chi connectivity index (χ3n) is 2.83. The number of aromatic hydroxyl groups is 1. The first-order chi connectivity index (χ1) is 9.60. The van der Waals surface area contributed by atoms with Crippen LogP contribution in [0.2, 0.25) is 0 Å². The summed E-state index contributed by atoms with van der Waals surface area (Å²) in [4.78, 5) is 12.0. The standard InChI is InChI=1S/C16H15NO3/c1-20-16-10-14(18)8-4-12(16)5-9-15(19)11-2-6-13(17)7-3-11/h2-10,18H,17H2,1H3/b9-5+. The molecule has 0 spiro atoms. The Morgan fingerprint density at radius 1 is 1.20 bits per heavy atom. The Morgan fingerprint density at radius 2 is 1.90 bits per heavy atom. The van der Waals surface area contributed by atoms with Crippen LogP contribution in [0.3, 0.4) is 0 Å². The van der Waals surface area contributed by atoms with Crippen molar-refractivity contribution in [1.82, 2.24) is 0 Å². The summed E-state index contributed by atoms with van der Waals surface area (Å²) in [6.45, 7) is 0. The second-order valence-corrected chi connectivity index (χ2v) is 4.25. The number of benzene rings is 2. The van der Waals surface area contributed by atoms with E-state index in [0.717, 1.165) is 0 Å². The lowest BCUT2D eigenvalue weighted by Gasteiger charge is -2.04. The Bertz CT molecular complexity index is 645. The van der Waals surface area contributed by atoms with E-state index in [1.54, 1.807) is 36.4 Å². The number of phenolic OH excluding ortho intramolecular Hbond substituents is 1. The van der Waals surface area contributed by atoms with Gasteiger partial charge >= 0.3 is 0 Å². The number of hydrogen-bond donors (Lipinski definition) is 2. The number of hydrogen-bond acceptors (Lipinski definition) is 4. The van der Waals surface area contributed by atoms with Crippen molar-refractivity contribution in [3.8, 4) is 11.5 Å². The molecule has 0 radical (unpaired) electrons. The molecule has 0 atom stereocenters. The van der Waals surface area contributed by atoms with Crippen LogP contribution in [0, 0.1) is 0 Å². The average Bonchev–Trinajstić information content (AvgIpc) is 2.46. The summed E-state index contributed by atoms with van der Waals surface area (Å²) in [6.07, 6.45) is 3.11. The molecule has 2 aromatic carbocycles. The Kier molecular flexibility index (Phi) is 4.05. The highest BCUT2D eigenvalue weighted by atomic mass is 16.5. The molecule has 3 N–H and O–H groups in total. The van der Waals surface area contributed by atoms with Gasteiger partial charge in [-0.3, -0.25) is 4.79 Å². The maximum atomic E-state index is 12.0. The predicted octanol–water partition coefficient (Wildman–Crippen LogP) is 2.88. The molecule has 2 aromatic rings. The lowest BCUT2D eigenvalue weighted by atomic mass is 10.1. The van der Waals surface area contributed by atoms with Crippen LogP contribution < -0.4 is 10.5 Å². The van der Waals surface area contributed by atoms with E-state index >= 15 is 0 Å². The topological polar surface area (TPSA) is 72.5 Å². The fourth-order valence-corrected chi connectivity index (χ4v) is 1.75. The molecule has 0 aliphatic carbocycles. The number of phenols is 1. The molecule has 0 saturated carbocycles. The Morgan fingerprint density at radius 3 is 2.55 bits per heavy atom. The van der Waals surface area contributed by atoms with Gasteiger partial charge in [0.2, 0.25) is 0 Å². The number of nitrogen functional groups attached to an aromatic ring is 1. The van der Waals surface area contributed by atoms with Crippen LogP contribution in [0.4, 0.5) is 5.69 Å². The van der Waals surface area contributed by atoms with Gasteiger partial charge in [-0.1, -0.05) is 0 Å². The molecule has 4 heteroatoms. The summed E-state index contributed by atoms with van der Waals surface area (Å²) in [5.74, 6) is 0.496. The first-order valence-electron chi connectivity index (χ1n) is 6.05. The quantitative estimate of drug-likeness (QED) is 0.508. The van der Waals surface area contributed by atoms with Gasteiger partial charge in [-0.25, -0.2) is 0 Å². The number of methoxy groups -OCH3 is 1. The van der Waals surface area contributed by atoms with Gasteiger partial charge in [-0.15, -0.1) is 0 Å². The summed E-state index contributed by atoms with van der Waals surface area (Å²) in [7, 11) is 1.51. The zero-order chi connectivity index (χ0) is 14.5. The van der Waals surface area contributed by atoms with Gasteiger partial charge in [-0.2, -0.15) is 0 Å². The van der Waals surface area contributed by atoms with Gasteiger partial charge in [-0.05, 0) is 48.6 Å². The van der Waals surface area contributed by atoms with E-state index in [1.807, 2.05) is 0 Å². The molecule has 0 aliphatic heterocycles. The molecule has 2 rings (SSSR count). The molecular weight excluding hydrogens is 254 g/mol. The Hall–Kier alpha value is -2.75. The summed E-state index contributed by atoms with van der Waals surface area (Å²) in [5.41, 5.74) is 7.47. The number of carbonyl (C=O) groups is 1. The van der Waals surface area contributed by atoms with Crippen LogP contribution in [-0.4, -0.2) is 18.0 Å². The highest BCUT2D eigenvalue weighted by molar-refractivity contribution is 6.07. The molecule has 0 amide bonds. The predicted molar refractivity (Wildman–Crippen MR) is 78.9 cm³/mol. The Balaban J connectivity index is 2.21. The zero-order valence-corrected chi connectivity index (χ0v) is 11.0. The van der Waals surface area contributed by atoms with Gasteiger partial charge in [0.15, 0.2) is 5.78 Å². The highest BCUT2D eigenvalue weighted by Gasteiger charge is 2.04. The minimum atomic E-state index is -0.125. The number of rotatable bonds is 4. The van der Waals surface area contributed by atoms with Crippen molar-refractivity contribution in [3.63, 3.8) is 0 Å². The average molecular weight is 269 g/mol. The molecule has 0 fully saturated rings. The molecule has 4 nitrogen and oxygen atoms in total. The molecular formula is C16H15NO3. The normalized spacial score (nSPS) is 10.7. The number of nitrogens with two attached hydrogens (primary N) is 1. The summed E-state index contributed by atoms with van der Waals surface area (Å²) < 4.78 is 5.14. The fourth-order valence-electron chi connectivity index (χ4n) is 1.75. The number of ketones is 1. The van der Waals surface area contributed by atoms with Crippen LogP contribution in [0.25, 0.3) is 6.08 Å². The van der Waals surface area contributed by atoms with E-state index in [2.05, 4.69) is 0 Å². The third kappa shape index (κ3) is 3.17. The van der Waals surface area contributed by atoms with Gasteiger partial charge in [0, 0.05) is 22.9 Å². The van der Waals surface area contributed by atoms with Crippen LogP contribution >= 0.6 is 0 Å². The van der Waals surface area contributed by atoms with Crippen LogP contribution in [0.5, 0.6) is 11.5 Å². The summed E-state index contributed by atoms with van der Waals surface area (Å²) in [5, 5.41) is 9.37. The van der Waals surface area contributed by atoms with Crippen molar-refractivity contribution in [2.75, 3.05) is 12.8 Å². The van der Waals surface area contributed by atoms with Gasteiger partial charge < -0.3 is 15.6 Å². The molecule has 0 aromatic heterocycles. The molecule has 0 unspecified atom stereocenters. The second-order valence-electron chi connectivity index (χ2n) is 4.25. The molecule has 20 heavy (non-hydrogen) atoms. The molecule has 0 heterocycles. The zero-order valence-electron chi connectivity index (χ0n) is 11.0. The van der Waals surface area contributed by atoms with Crippen molar-refractivity contribution < 1.29 is 14.6 Å². The van der Waals surface area contributed by atoms with E-state index in [0.29, 0.717) is 22.6 Å². The number of carbonyl (C=O) groups excluding carboxylic acids is 1. The number of anilines is 1. The van der Waals surface area contributed by atoms with Gasteiger partial charge in [0.1, 0.15) is 11.5 Å². The smallest absolute Gasteiger partial charge is 0.185 e. The van der Waals surface area contributed by atoms with Crippen molar-refractivity contribution >= 4 is 17.5 Å². The maximum Gasteiger partial charge on any atom is 0.185 e. The van der Waals surface area contributed by atoms with Crippen LogP contribution in [0.15, 0.2) is 48.5 Å². The largest absolute Gasteiger partial charge is 0.508 e. The lowest BCUT2D eigenvalue weighted by molar-refractivity contribution is 0.104. The van der Waals surface area contributed by atoms with E-state index in [4.69, 9.17) is 10.5 Å². The van der Waals surface area contributed by atoms with E-state index < -0.39 is 0 Å². The highest BCUT2D eigenvalue weighted by Crippen LogP contribution is 2.25. The van der Waals surface area contributed by atoms with Gasteiger partial charge in [0.05, 0.1) is 7.11 Å². The lowest BCUT2D eigenvalue weighted by Crippen LogP contribution is -1.95. The minimum absolute atomic E-state index is 0.115. The van der Waals surface area contributed by atoms with Crippen molar-refractivity contribution in [2.24, 2.45) is 0 Å². The van der Waals surface area contributed by atoms with Crippen molar-refractivity contribution in [3.05, 3.63) is 59.7 Å². The van der Waals surface area contributed by atoms with Crippen molar-refractivity contribution in [1.29, 1.82) is 0 Å². The monoisotopic (exact) mass is 269 g/mol. The SMILES string of the molecule is COc1cc(O)ccc1/C=C/C(=O)c1ccc(N)cc1. The van der Waals surface area contributed by atoms with Crippen LogP contribution in [0.1, 0.15) is 15.9 Å². The molecule has 102 valence electrons. The first-order valence-corrected chi connectivity index (χ1v) is 6.05. The number of ether oxygens (including phenoxy) is 1.